The summed E-state index contributed by atoms with van der Waals surface area (Å²) in [6.07, 6.45) is 6.61. The highest BCUT2D eigenvalue weighted by Crippen LogP contribution is 2.28. The van der Waals surface area contributed by atoms with Gasteiger partial charge in [0, 0.05) is 45.1 Å². The zero-order valence-electron chi connectivity index (χ0n) is 12.2. The van der Waals surface area contributed by atoms with Crippen LogP contribution in [-0.2, 0) is 6.54 Å². The number of nitrogens with zero attached hydrogens (tertiary/aromatic N) is 3. The average Bonchev–Trinajstić information content (AvgIpc) is 3.06. The zero-order valence-corrected chi connectivity index (χ0v) is 12.2. The van der Waals surface area contributed by atoms with Gasteiger partial charge in [-0.3, -0.25) is 0 Å². The SMILES string of the molecule is c1ccc(N2CCNCC2)c(OCCCn2ccnc2)c1. The van der Waals surface area contributed by atoms with E-state index >= 15 is 0 Å². The van der Waals surface area contributed by atoms with E-state index < -0.39 is 0 Å². The van der Waals surface area contributed by atoms with Gasteiger partial charge in [0.05, 0.1) is 18.6 Å². The van der Waals surface area contributed by atoms with Crippen LogP contribution in [0.3, 0.4) is 0 Å². The Morgan fingerprint density at radius 1 is 1.19 bits per heavy atom. The van der Waals surface area contributed by atoms with E-state index in [1.54, 1.807) is 6.20 Å². The summed E-state index contributed by atoms with van der Waals surface area (Å²) in [6, 6.07) is 8.33. The van der Waals surface area contributed by atoms with E-state index in [1.165, 1.54) is 5.69 Å². The van der Waals surface area contributed by atoms with Crippen molar-refractivity contribution in [2.24, 2.45) is 0 Å². The van der Waals surface area contributed by atoms with Gasteiger partial charge in [-0.15, -0.1) is 0 Å². The summed E-state index contributed by atoms with van der Waals surface area (Å²) < 4.78 is 8.07. The molecule has 2 heterocycles. The number of rotatable bonds is 6. The molecule has 1 aromatic carbocycles. The molecule has 0 bridgehead atoms. The van der Waals surface area contributed by atoms with Crippen LogP contribution in [0.1, 0.15) is 6.42 Å². The lowest BCUT2D eigenvalue weighted by Crippen LogP contribution is -2.43. The first-order valence-electron chi connectivity index (χ1n) is 7.57. The largest absolute Gasteiger partial charge is 0.491 e. The second-order valence-corrected chi connectivity index (χ2v) is 5.21. The van der Waals surface area contributed by atoms with Gasteiger partial charge in [0.1, 0.15) is 5.75 Å². The standard InChI is InChI=1S/C16H22N4O/c1-2-5-16(15(4-1)20-11-7-17-8-12-20)21-13-3-9-19-10-6-18-14-19/h1-2,4-6,10,14,17H,3,7-9,11-13H2. The van der Waals surface area contributed by atoms with Crippen molar-refractivity contribution in [2.45, 2.75) is 13.0 Å². The number of piperazine rings is 1. The van der Waals surface area contributed by atoms with Gasteiger partial charge in [-0.1, -0.05) is 12.1 Å². The number of benzene rings is 1. The van der Waals surface area contributed by atoms with Crippen molar-refractivity contribution >= 4 is 5.69 Å². The van der Waals surface area contributed by atoms with Crippen molar-refractivity contribution in [2.75, 3.05) is 37.7 Å². The van der Waals surface area contributed by atoms with Crippen LogP contribution in [0, 0.1) is 0 Å². The molecule has 2 aromatic rings. The van der Waals surface area contributed by atoms with E-state index in [0.29, 0.717) is 0 Å². The van der Waals surface area contributed by atoms with Crippen LogP contribution in [0.2, 0.25) is 0 Å². The second kappa shape index (κ2) is 7.13. The van der Waals surface area contributed by atoms with Gasteiger partial charge >= 0.3 is 0 Å². The maximum Gasteiger partial charge on any atom is 0.142 e. The molecule has 1 fully saturated rings. The van der Waals surface area contributed by atoms with E-state index in [4.69, 9.17) is 4.74 Å². The second-order valence-electron chi connectivity index (χ2n) is 5.21. The summed E-state index contributed by atoms with van der Waals surface area (Å²) >= 11 is 0. The summed E-state index contributed by atoms with van der Waals surface area (Å²) in [5.41, 5.74) is 1.21. The van der Waals surface area contributed by atoms with Crippen molar-refractivity contribution in [1.29, 1.82) is 0 Å². The fraction of sp³-hybridized carbons (Fsp3) is 0.438. The van der Waals surface area contributed by atoms with Gasteiger partial charge in [0.2, 0.25) is 0 Å². The van der Waals surface area contributed by atoms with Crippen LogP contribution in [0.5, 0.6) is 5.75 Å². The topological polar surface area (TPSA) is 42.3 Å². The van der Waals surface area contributed by atoms with Gasteiger partial charge in [0.15, 0.2) is 0 Å². The monoisotopic (exact) mass is 286 g/mol. The van der Waals surface area contributed by atoms with E-state index in [0.717, 1.165) is 51.5 Å². The molecule has 1 aliphatic heterocycles. The molecule has 5 nitrogen and oxygen atoms in total. The molecule has 1 aliphatic rings. The first-order chi connectivity index (χ1) is 10.4. The van der Waals surface area contributed by atoms with Crippen LogP contribution in [0.25, 0.3) is 0 Å². The molecule has 0 amide bonds. The van der Waals surface area contributed by atoms with Crippen LogP contribution >= 0.6 is 0 Å². The maximum atomic E-state index is 5.99. The quantitative estimate of drug-likeness (QED) is 0.822. The number of nitrogens with one attached hydrogen (secondary N) is 1. The average molecular weight is 286 g/mol. The summed E-state index contributed by atoms with van der Waals surface area (Å²) in [5.74, 6) is 0.991. The molecule has 21 heavy (non-hydrogen) atoms. The van der Waals surface area contributed by atoms with Crippen LogP contribution in [0.15, 0.2) is 43.0 Å². The third-order valence-electron chi connectivity index (χ3n) is 3.70. The lowest BCUT2D eigenvalue weighted by molar-refractivity contribution is 0.301. The molecule has 0 aliphatic carbocycles. The number of ether oxygens (including phenoxy) is 1. The van der Waals surface area contributed by atoms with E-state index in [2.05, 4.69) is 38.0 Å². The lowest BCUT2D eigenvalue weighted by atomic mass is 10.2. The smallest absolute Gasteiger partial charge is 0.142 e. The Hall–Kier alpha value is -2.01. The molecule has 1 saturated heterocycles. The molecule has 0 unspecified atom stereocenters. The number of para-hydroxylation sites is 2. The highest BCUT2D eigenvalue weighted by Gasteiger charge is 2.14. The fourth-order valence-corrected chi connectivity index (χ4v) is 2.59. The van der Waals surface area contributed by atoms with Gasteiger partial charge < -0.3 is 19.5 Å². The highest BCUT2D eigenvalue weighted by molar-refractivity contribution is 5.58. The van der Waals surface area contributed by atoms with Crippen molar-refractivity contribution in [1.82, 2.24) is 14.9 Å². The third-order valence-corrected chi connectivity index (χ3v) is 3.70. The number of aromatic nitrogens is 2. The zero-order chi connectivity index (χ0) is 14.3. The van der Waals surface area contributed by atoms with Crippen LogP contribution in [-0.4, -0.2) is 42.3 Å². The van der Waals surface area contributed by atoms with Crippen LogP contribution in [0.4, 0.5) is 5.69 Å². The summed E-state index contributed by atoms with van der Waals surface area (Å²) in [7, 11) is 0. The number of imidazole rings is 1. The predicted octanol–water partition coefficient (Wildman–Crippen LogP) is 1.76. The maximum absolute atomic E-state index is 5.99. The van der Waals surface area contributed by atoms with Crippen molar-refractivity contribution in [3.05, 3.63) is 43.0 Å². The number of aryl methyl sites for hydroxylation is 1. The Labute approximate surface area is 125 Å². The summed E-state index contributed by atoms with van der Waals surface area (Å²) in [6.45, 7) is 5.81. The minimum absolute atomic E-state index is 0.723. The molecule has 1 N–H and O–H groups in total. The van der Waals surface area contributed by atoms with Crippen molar-refractivity contribution in [3.8, 4) is 5.75 Å². The number of hydrogen-bond acceptors (Lipinski definition) is 4. The Morgan fingerprint density at radius 3 is 2.86 bits per heavy atom. The number of anilines is 1. The highest BCUT2D eigenvalue weighted by atomic mass is 16.5. The van der Waals surface area contributed by atoms with Gasteiger partial charge in [-0.05, 0) is 18.6 Å². The Kier molecular flexibility index (Phi) is 4.74. The van der Waals surface area contributed by atoms with E-state index in [-0.39, 0.29) is 0 Å². The molecule has 0 saturated carbocycles. The number of hydrogen-bond donors (Lipinski definition) is 1. The predicted molar refractivity (Wildman–Crippen MR) is 83.9 cm³/mol. The van der Waals surface area contributed by atoms with Gasteiger partial charge in [0.25, 0.3) is 0 Å². The summed E-state index contributed by atoms with van der Waals surface area (Å²) in [5, 5.41) is 3.38. The Bertz CT molecular complexity index is 535. The molecule has 5 heteroatoms. The minimum atomic E-state index is 0.723. The molecule has 0 atom stereocenters. The van der Waals surface area contributed by atoms with E-state index in [1.807, 2.05) is 18.6 Å². The molecule has 112 valence electrons. The molecule has 1 aromatic heterocycles. The Balaban J connectivity index is 1.54. The van der Waals surface area contributed by atoms with Gasteiger partial charge in [-0.25, -0.2) is 4.98 Å². The van der Waals surface area contributed by atoms with E-state index in [9.17, 15) is 0 Å². The first-order valence-corrected chi connectivity index (χ1v) is 7.57. The first kappa shape index (κ1) is 13.9. The normalized spacial score (nSPS) is 15.1. The lowest BCUT2D eigenvalue weighted by Gasteiger charge is -2.30. The molecule has 0 spiro atoms. The third kappa shape index (κ3) is 3.76. The van der Waals surface area contributed by atoms with Crippen molar-refractivity contribution < 1.29 is 4.74 Å². The molecule has 0 radical (unpaired) electrons. The van der Waals surface area contributed by atoms with Gasteiger partial charge in [-0.2, -0.15) is 0 Å². The minimum Gasteiger partial charge on any atom is -0.491 e. The van der Waals surface area contributed by atoms with Crippen molar-refractivity contribution in [3.63, 3.8) is 0 Å². The molecular weight excluding hydrogens is 264 g/mol. The molecule has 3 rings (SSSR count). The fourth-order valence-electron chi connectivity index (χ4n) is 2.59. The van der Waals surface area contributed by atoms with Crippen LogP contribution < -0.4 is 15.0 Å². The summed E-state index contributed by atoms with van der Waals surface area (Å²) in [4.78, 5) is 6.43. The molecular formula is C16H22N4O. The Morgan fingerprint density at radius 2 is 2.05 bits per heavy atom.